The molecule has 4 aromatic carbocycles. The third-order valence-electron chi connectivity index (χ3n) is 35.3. The zero-order valence-electron chi connectivity index (χ0n) is 69.0. The predicted molar refractivity (Wildman–Crippen MR) is 437 cm³/mol. The third kappa shape index (κ3) is 15.9. The van der Waals surface area contributed by atoms with Crippen molar-refractivity contribution in [2.45, 2.75) is 311 Å². The summed E-state index contributed by atoms with van der Waals surface area (Å²) in [6.07, 6.45) is 35.9. The molecule has 12 aliphatic carbocycles. The minimum absolute atomic E-state index is 0.0201. The van der Waals surface area contributed by atoms with E-state index in [9.17, 15) is 30.0 Å². The summed E-state index contributed by atoms with van der Waals surface area (Å²) in [6, 6.07) is 35.6. The van der Waals surface area contributed by atoms with Gasteiger partial charge in [-0.2, -0.15) is 0 Å². The lowest BCUT2D eigenvalue weighted by molar-refractivity contribution is -0.140. The Balaban J connectivity index is 0.000000137. The topological polar surface area (TPSA) is 149 Å². The molecule has 10 heteroatoms. The van der Waals surface area contributed by atoms with E-state index in [0.717, 1.165) is 142 Å². The molecule has 0 unspecified atom stereocenters. The van der Waals surface area contributed by atoms with Crippen LogP contribution in [0, 0.1) is 148 Å². The fourth-order valence-electron chi connectivity index (χ4n) is 29.0. The maximum absolute atomic E-state index is 12.6. The van der Waals surface area contributed by atoms with Crippen LogP contribution in [0.1, 0.15) is 268 Å². The number of amides is 2. The second kappa shape index (κ2) is 32.6. The van der Waals surface area contributed by atoms with Crippen molar-refractivity contribution >= 4 is 17.9 Å². The van der Waals surface area contributed by atoms with Gasteiger partial charge in [0.05, 0.1) is 24.4 Å². The summed E-state index contributed by atoms with van der Waals surface area (Å²) in [5, 5.41) is 48.2. The highest BCUT2D eigenvalue weighted by Crippen LogP contribution is 2.72. The maximum atomic E-state index is 12.6. The van der Waals surface area contributed by atoms with Crippen molar-refractivity contribution in [2.75, 3.05) is 19.4 Å². The van der Waals surface area contributed by atoms with E-state index >= 15 is 0 Å². The van der Waals surface area contributed by atoms with Gasteiger partial charge in [0, 0.05) is 26.2 Å². The second-order valence-electron chi connectivity index (χ2n) is 40.9. The van der Waals surface area contributed by atoms with Gasteiger partial charge in [-0.1, -0.05) is 163 Å². The van der Waals surface area contributed by atoms with Gasteiger partial charge in [0.25, 0.3) is 0 Å². The maximum Gasteiger partial charge on any atom is 0.411 e. The van der Waals surface area contributed by atoms with Crippen molar-refractivity contribution < 1.29 is 39.5 Å². The molecule has 12 aliphatic rings. The lowest BCUT2D eigenvalue weighted by Gasteiger charge is -2.61. The lowest BCUT2D eigenvalue weighted by Crippen LogP contribution is -2.55. The number of ether oxygens (including phenoxy) is 2. The number of fused-ring (bicyclic) bond motifs is 15. The van der Waals surface area contributed by atoms with E-state index in [1.807, 2.05) is 30.3 Å². The Morgan fingerprint density at radius 1 is 0.426 bits per heavy atom. The number of para-hydroxylation sites is 1. The highest BCUT2D eigenvalue weighted by Gasteiger charge is 2.65. The molecule has 0 heterocycles. The van der Waals surface area contributed by atoms with E-state index in [2.05, 4.69) is 147 Å². The van der Waals surface area contributed by atoms with Crippen molar-refractivity contribution in [3.8, 4) is 0 Å². The first-order valence-electron chi connectivity index (χ1n) is 44.4. The Morgan fingerprint density at radius 2 is 0.796 bits per heavy atom. The number of nitrogens with one attached hydrogen (secondary N) is 1. The molecule has 0 spiro atoms. The number of hydrogen-bond acceptors (Lipinski definition) is 8. The minimum Gasteiger partial charge on any atom is -0.446 e. The lowest BCUT2D eigenvalue weighted by atomic mass is 9.44. The molecule has 2 amide bonds. The SMILES string of the molecule is Cc1ccc(CC[C@@H](O)[C@H]2CC[C@H]3[C@@H]4CC[C@H]5C[C@@H](C)CC[C@]5(C)[C@H]4CC[C@]23C)cc1.Cc1ccc(CC[C@@H](O)[C@H]2CC[C@H]3[C@@H]4CC[C@H]5C[C@@H](OC(=O)Nc6ccccc6)CC[C@]5(C)[C@H]4CC[C@]23C)cc1.Cc1ccc(C[C@H](O)[C@@H](O)[C@H]2CC[C@H]3[C@@H]4CC[C@H]5C[C@@H](OC(=O)N(C)C)CC[C@]5(C)[C@H]4CC[C@]23C)cc1. The van der Waals surface area contributed by atoms with Gasteiger partial charge in [0.15, 0.2) is 0 Å². The Morgan fingerprint density at radius 3 is 1.23 bits per heavy atom. The van der Waals surface area contributed by atoms with E-state index < -0.39 is 12.2 Å². The van der Waals surface area contributed by atoms with Gasteiger partial charge < -0.3 is 34.8 Å². The fourth-order valence-corrected chi connectivity index (χ4v) is 29.0. The Labute approximate surface area is 653 Å². The summed E-state index contributed by atoms with van der Waals surface area (Å²) in [5.74, 6) is 11.5. The van der Waals surface area contributed by atoms with Crippen molar-refractivity contribution in [1.29, 1.82) is 0 Å². The van der Waals surface area contributed by atoms with Crippen LogP contribution in [-0.2, 0) is 28.7 Å². The molecule has 0 aliphatic heterocycles. The molecule has 12 saturated carbocycles. The first kappa shape index (κ1) is 79.9. The third-order valence-corrected chi connectivity index (χ3v) is 35.3. The molecule has 10 nitrogen and oxygen atoms in total. The first-order valence-corrected chi connectivity index (χ1v) is 44.4. The van der Waals surface area contributed by atoms with Crippen LogP contribution in [0.25, 0.3) is 0 Å². The Hall–Kier alpha value is -4.74. The number of aliphatic hydroxyl groups excluding tert-OH is 4. The van der Waals surface area contributed by atoms with Crippen LogP contribution in [0.2, 0.25) is 0 Å². The predicted octanol–water partition coefficient (Wildman–Crippen LogP) is 22.1. The van der Waals surface area contributed by atoms with Crippen LogP contribution in [0.4, 0.5) is 15.3 Å². The number of carbonyl (C=O) groups excluding carboxylic acids is 2. The number of rotatable bonds is 15. The van der Waals surface area contributed by atoms with Crippen molar-refractivity contribution in [3.63, 3.8) is 0 Å². The molecular weight excluding hydrogens is 1330 g/mol. The van der Waals surface area contributed by atoms with Crippen molar-refractivity contribution in [3.05, 3.63) is 137 Å². The number of anilines is 1. The molecule has 108 heavy (non-hydrogen) atoms. The smallest absolute Gasteiger partial charge is 0.411 e. The van der Waals surface area contributed by atoms with Crippen LogP contribution in [0.3, 0.4) is 0 Å². The van der Waals surface area contributed by atoms with E-state index in [1.54, 1.807) is 14.1 Å². The van der Waals surface area contributed by atoms with Crippen LogP contribution in [0.15, 0.2) is 103 Å². The number of hydrogen-bond donors (Lipinski definition) is 5. The van der Waals surface area contributed by atoms with E-state index in [4.69, 9.17) is 9.47 Å². The summed E-state index contributed by atoms with van der Waals surface area (Å²) in [7, 11) is 3.51. The quantitative estimate of drug-likeness (QED) is 0.0790. The normalized spacial score (nSPS) is 40.9. The molecule has 4 aromatic rings. The number of benzene rings is 4. The summed E-state index contributed by atoms with van der Waals surface area (Å²) >= 11 is 0. The van der Waals surface area contributed by atoms with Gasteiger partial charge in [0.2, 0.25) is 0 Å². The standard InChI is InChI=1S/C36H49NO3.C32H49NO4.C30H46O/c1-24-9-11-25(12-10-24)13-18-33(38)32-17-16-30-29-15-14-26-23-28(40-34(39)37-27-7-5-4-6-8-27)19-21-35(26,2)31(29)20-22-36(30,32)3;1-20-6-8-21(9-7-20)18-28(34)29(35)27-13-12-25-24-11-10-22-19-23(37-30(36)33(4)5)14-16-31(22,2)26(24)15-17-32(25,27)3;1-20-5-7-22(8-6-20)9-14-28(31)27-13-12-25-24-11-10-23-19-21(2)15-17-29(23,3)26(24)16-18-30(25,27)4/h4-12,26,28-33,38H,13-23H2,1-3H3,(H,37,39);6-9,22-29,34-35H,10-19H2,1-5H3;5-8,21,23-28,31H,9-19H2,1-4H3/t26-,28-,29-,30-,31-,32+,33+,35-,36-;22-,23-,24-,25-,26-,27+,28-,29-,31-,32-;21-,23-,24-,25-,26-,27+,28+,29-,30-/m000/s1. The highest BCUT2D eigenvalue weighted by molar-refractivity contribution is 5.84. The van der Waals surface area contributed by atoms with Gasteiger partial charge >= 0.3 is 12.2 Å². The summed E-state index contributed by atoms with van der Waals surface area (Å²) in [6.45, 7) is 24.2. The summed E-state index contributed by atoms with van der Waals surface area (Å²) in [4.78, 5) is 26.3. The van der Waals surface area contributed by atoms with Crippen molar-refractivity contribution in [2.24, 2.45) is 127 Å². The molecule has 28 atom stereocenters. The number of aryl methyl sites for hydroxylation is 5. The van der Waals surface area contributed by atoms with Crippen LogP contribution >= 0.6 is 0 Å². The number of nitrogens with zero attached hydrogens (tertiary/aromatic N) is 1. The molecule has 0 bridgehead atoms. The fraction of sp³-hybridized carbons (Fsp3) is 0.735. The van der Waals surface area contributed by atoms with Gasteiger partial charge in [-0.15, -0.1) is 0 Å². The highest BCUT2D eigenvalue weighted by atomic mass is 16.6. The van der Waals surface area contributed by atoms with Crippen LogP contribution in [0.5, 0.6) is 0 Å². The molecule has 0 aromatic heterocycles. The first-order chi connectivity index (χ1) is 51.6. The van der Waals surface area contributed by atoms with E-state index in [0.29, 0.717) is 63.6 Å². The molecular formula is C98H144N2O8. The molecule has 16 rings (SSSR count). The van der Waals surface area contributed by atoms with Crippen LogP contribution < -0.4 is 5.32 Å². The Kier molecular flexibility index (Phi) is 24.1. The van der Waals surface area contributed by atoms with E-state index in [1.165, 1.54) is 155 Å². The molecule has 0 radical (unpaired) electrons. The molecule has 5 N–H and O–H groups in total. The number of carbonyl (C=O) groups is 2. The summed E-state index contributed by atoms with van der Waals surface area (Å²) < 4.78 is 11.7. The van der Waals surface area contributed by atoms with Gasteiger partial charge in [0.1, 0.15) is 12.2 Å². The van der Waals surface area contributed by atoms with Crippen molar-refractivity contribution in [1.82, 2.24) is 4.90 Å². The monoisotopic (exact) mass is 1480 g/mol. The summed E-state index contributed by atoms with van der Waals surface area (Å²) in [5.41, 5.74) is 10.5. The molecule has 594 valence electrons. The average molecular weight is 1480 g/mol. The van der Waals surface area contributed by atoms with Gasteiger partial charge in [-0.3, -0.25) is 5.32 Å². The minimum atomic E-state index is -0.714. The van der Waals surface area contributed by atoms with E-state index in [-0.39, 0.29) is 53.4 Å². The Bertz CT molecular complexity index is 3640. The number of aliphatic hydroxyl groups is 4. The second-order valence-corrected chi connectivity index (χ2v) is 40.9. The van der Waals surface area contributed by atoms with Crippen LogP contribution in [-0.4, -0.2) is 88.2 Å². The van der Waals surface area contributed by atoms with Gasteiger partial charge in [-0.05, 0) is 369 Å². The van der Waals surface area contributed by atoms with Gasteiger partial charge in [-0.25, -0.2) is 9.59 Å². The largest absolute Gasteiger partial charge is 0.446 e. The zero-order valence-corrected chi connectivity index (χ0v) is 69.0. The molecule has 0 saturated heterocycles. The molecule has 12 fully saturated rings. The zero-order chi connectivity index (χ0) is 76.2. The average Bonchev–Trinajstić information content (AvgIpc) is 1.44.